The minimum atomic E-state index is -1.30. The van der Waals surface area contributed by atoms with Gasteiger partial charge in [0.15, 0.2) is 11.6 Å². The lowest BCUT2D eigenvalue weighted by atomic mass is 9.94. The average molecular weight is 374 g/mol. The van der Waals surface area contributed by atoms with E-state index >= 15 is 0 Å². The van der Waals surface area contributed by atoms with Crippen molar-refractivity contribution in [2.75, 3.05) is 6.61 Å². The Morgan fingerprint density at radius 3 is 2.67 bits per heavy atom. The molecule has 27 heavy (non-hydrogen) atoms. The van der Waals surface area contributed by atoms with Crippen LogP contribution in [0, 0.1) is 13.8 Å². The van der Waals surface area contributed by atoms with Crippen molar-refractivity contribution >= 4 is 11.8 Å². The van der Waals surface area contributed by atoms with Gasteiger partial charge in [-0.3, -0.25) is 4.79 Å². The summed E-state index contributed by atoms with van der Waals surface area (Å²) < 4.78 is 11.1. The molecule has 1 atom stereocenters. The molecule has 5 nitrogen and oxygen atoms in total. The zero-order valence-corrected chi connectivity index (χ0v) is 16.7. The second-order valence-corrected chi connectivity index (χ2v) is 7.69. The summed E-state index contributed by atoms with van der Waals surface area (Å²) in [5, 5.41) is 9.98. The number of benzene rings is 1. The monoisotopic (exact) mass is 374 g/mol. The maximum absolute atomic E-state index is 12.6. The van der Waals surface area contributed by atoms with Crippen LogP contribution in [0.5, 0.6) is 0 Å². The second kappa shape index (κ2) is 9.29. The fraction of sp³-hybridized carbons (Fsp3) is 0.545. The fourth-order valence-corrected chi connectivity index (χ4v) is 3.47. The first-order valence-corrected chi connectivity index (χ1v) is 9.52. The molecule has 5 heteroatoms. The van der Waals surface area contributed by atoms with Crippen molar-refractivity contribution in [1.29, 1.82) is 0 Å². The molecule has 0 radical (unpaired) electrons. The summed E-state index contributed by atoms with van der Waals surface area (Å²) in [4.78, 5) is 24.7. The molecule has 0 saturated carbocycles. The normalized spacial score (nSPS) is 21.1. The maximum atomic E-state index is 12.6. The highest BCUT2D eigenvalue weighted by Gasteiger charge is 2.23. The number of hydrogen-bond donors (Lipinski definition) is 1. The lowest BCUT2D eigenvalue weighted by Crippen LogP contribution is -2.31. The fourth-order valence-electron chi connectivity index (χ4n) is 3.47. The molecule has 0 unspecified atom stereocenters. The molecule has 0 saturated heterocycles. The SMILES string of the molecule is Cc1cc(C)c2c(c1)CCC[C@H](OC(C)(C)O)CC(=O)/C=C\CCOC2=O. The first-order chi connectivity index (χ1) is 12.7. The number of carbonyl (C=O) groups is 2. The predicted molar refractivity (Wildman–Crippen MR) is 104 cm³/mol. The van der Waals surface area contributed by atoms with Crippen molar-refractivity contribution in [2.45, 2.75) is 71.7 Å². The molecular weight excluding hydrogens is 344 g/mol. The summed E-state index contributed by atoms with van der Waals surface area (Å²) >= 11 is 0. The van der Waals surface area contributed by atoms with E-state index in [9.17, 15) is 14.7 Å². The van der Waals surface area contributed by atoms with Gasteiger partial charge in [-0.05, 0) is 70.6 Å². The van der Waals surface area contributed by atoms with Crippen LogP contribution in [0.25, 0.3) is 0 Å². The lowest BCUT2D eigenvalue weighted by molar-refractivity contribution is -0.207. The third kappa shape index (κ3) is 6.92. The Bertz CT molecular complexity index is 712. The number of rotatable bonds is 2. The Morgan fingerprint density at radius 1 is 1.22 bits per heavy atom. The topological polar surface area (TPSA) is 72.8 Å². The van der Waals surface area contributed by atoms with Gasteiger partial charge >= 0.3 is 5.97 Å². The summed E-state index contributed by atoms with van der Waals surface area (Å²) in [5.41, 5.74) is 3.61. The number of ether oxygens (including phenoxy) is 2. The third-order valence-corrected chi connectivity index (χ3v) is 4.44. The highest BCUT2D eigenvalue weighted by Crippen LogP contribution is 2.23. The Hall–Kier alpha value is -1.98. The summed E-state index contributed by atoms with van der Waals surface area (Å²) in [6.07, 6.45) is 5.59. The van der Waals surface area contributed by atoms with Crippen LogP contribution in [0.15, 0.2) is 24.3 Å². The number of ketones is 1. The summed E-state index contributed by atoms with van der Waals surface area (Å²) in [5.74, 6) is -1.67. The van der Waals surface area contributed by atoms with Gasteiger partial charge in [0, 0.05) is 6.42 Å². The van der Waals surface area contributed by atoms with Crippen LogP contribution in [0.4, 0.5) is 0 Å². The van der Waals surface area contributed by atoms with Crippen LogP contribution < -0.4 is 0 Å². The van der Waals surface area contributed by atoms with Crippen molar-refractivity contribution in [2.24, 2.45) is 0 Å². The van der Waals surface area contributed by atoms with Crippen LogP contribution in [0.3, 0.4) is 0 Å². The maximum Gasteiger partial charge on any atom is 0.338 e. The van der Waals surface area contributed by atoms with E-state index in [2.05, 4.69) is 0 Å². The van der Waals surface area contributed by atoms with E-state index in [1.54, 1.807) is 19.9 Å². The van der Waals surface area contributed by atoms with Gasteiger partial charge < -0.3 is 14.6 Å². The molecule has 148 valence electrons. The average Bonchev–Trinajstić information content (AvgIpc) is 2.51. The summed E-state index contributed by atoms with van der Waals surface area (Å²) in [6.45, 7) is 7.30. The molecule has 0 spiro atoms. The van der Waals surface area contributed by atoms with Gasteiger partial charge in [0.05, 0.1) is 18.3 Å². The Morgan fingerprint density at radius 2 is 1.96 bits per heavy atom. The van der Waals surface area contributed by atoms with Gasteiger partial charge in [0.2, 0.25) is 0 Å². The first-order valence-electron chi connectivity index (χ1n) is 9.52. The van der Waals surface area contributed by atoms with Gasteiger partial charge in [-0.1, -0.05) is 23.8 Å². The zero-order chi connectivity index (χ0) is 20.0. The van der Waals surface area contributed by atoms with E-state index in [1.165, 1.54) is 6.08 Å². The van der Waals surface area contributed by atoms with Crippen LogP contribution in [-0.4, -0.2) is 35.4 Å². The number of aliphatic hydroxyl groups is 1. The summed E-state index contributed by atoms with van der Waals surface area (Å²) in [6, 6.07) is 4.01. The largest absolute Gasteiger partial charge is 0.462 e. The van der Waals surface area contributed by atoms with E-state index in [0.717, 1.165) is 23.1 Å². The van der Waals surface area contributed by atoms with Crippen LogP contribution >= 0.6 is 0 Å². The minimum absolute atomic E-state index is 0.0558. The highest BCUT2D eigenvalue weighted by atomic mass is 16.6. The standard InChI is InChI=1S/C22H30O5/c1-15-12-16(2)20-17(13-15)8-7-10-19(27-22(3,4)25)14-18(23)9-5-6-11-26-21(20)24/h5,9,12-13,19,25H,6-8,10-11,14H2,1-4H3/b9-5-/t19-/m0/s1. The summed E-state index contributed by atoms with van der Waals surface area (Å²) in [7, 11) is 0. The molecule has 1 heterocycles. The van der Waals surface area contributed by atoms with E-state index in [4.69, 9.17) is 9.47 Å². The quantitative estimate of drug-likeness (QED) is 0.629. The molecule has 1 aromatic rings. The van der Waals surface area contributed by atoms with Gasteiger partial charge in [-0.15, -0.1) is 0 Å². The van der Waals surface area contributed by atoms with Gasteiger partial charge in [-0.25, -0.2) is 4.79 Å². The van der Waals surface area contributed by atoms with Crippen molar-refractivity contribution in [3.05, 3.63) is 46.5 Å². The predicted octanol–water partition coefficient (Wildman–Crippen LogP) is 3.82. The van der Waals surface area contributed by atoms with E-state index in [1.807, 2.05) is 26.0 Å². The number of cyclic esters (lactones) is 1. The highest BCUT2D eigenvalue weighted by molar-refractivity contribution is 5.93. The molecule has 0 aliphatic carbocycles. The van der Waals surface area contributed by atoms with Crippen molar-refractivity contribution in [1.82, 2.24) is 0 Å². The van der Waals surface area contributed by atoms with E-state index in [0.29, 0.717) is 24.8 Å². The van der Waals surface area contributed by atoms with Gasteiger partial charge in [-0.2, -0.15) is 0 Å². The third-order valence-electron chi connectivity index (χ3n) is 4.44. The van der Waals surface area contributed by atoms with Crippen molar-refractivity contribution in [3.8, 4) is 0 Å². The number of aryl methyl sites for hydroxylation is 3. The molecule has 2 rings (SSSR count). The Labute approximate surface area is 161 Å². The lowest BCUT2D eigenvalue weighted by Gasteiger charge is -2.26. The Balaban J connectivity index is 2.26. The molecular formula is C22H30O5. The molecule has 0 amide bonds. The number of carbonyl (C=O) groups excluding carboxylic acids is 2. The van der Waals surface area contributed by atoms with Gasteiger partial charge in [0.25, 0.3) is 0 Å². The number of hydrogen-bond acceptors (Lipinski definition) is 5. The Kier molecular flexibility index (Phi) is 7.33. The first kappa shape index (κ1) is 21.3. The molecule has 1 N–H and O–H groups in total. The molecule has 1 aliphatic rings. The minimum Gasteiger partial charge on any atom is -0.462 e. The van der Waals surface area contributed by atoms with Crippen LogP contribution in [-0.2, 0) is 20.7 Å². The van der Waals surface area contributed by atoms with Crippen LogP contribution in [0.1, 0.15) is 66.6 Å². The number of allylic oxidation sites excluding steroid dienone is 1. The molecule has 0 fully saturated rings. The smallest absolute Gasteiger partial charge is 0.338 e. The molecule has 1 aromatic carbocycles. The number of fused-ring (bicyclic) bond motifs is 1. The van der Waals surface area contributed by atoms with Crippen molar-refractivity contribution < 1.29 is 24.2 Å². The second-order valence-electron chi connectivity index (χ2n) is 7.69. The molecule has 0 aromatic heterocycles. The van der Waals surface area contributed by atoms with Gasteiger partial charge in [0.1, 0.15) is 0 Å². The number of esters is 1. The van der Waals surface area contributed by atoms with E-state index < -0.39 is 5.79 Å². The van der Waals surface area contributed by atoms with Crippen LogP contribution in [0.2, 0.25) is 0 Å². The van der Waals surface area contributed by atoms with Crippen molar-refractivity contribution in [3.63, 3.8) is 0 Å². The zero-order valence-electron chi connectivity index (χ0n) is 16.7. The molecule has 0 bridgehead atoms. The van der Waals surface area contributed by atoms with E-state index in [-0.39, 0.29) is 30.9 Å². The molecule has 1 aliphatic heterocycles.